The van der Waals surface area contributed by atoms with Gasteiger partial charge in [-0.2, -0.15) is 0 Å². The van der Waals surface area contributed by atoms with Crippen molar-refractivity contribution in [1.82, 2.24) is 0 Å². The second-order valence-corrected chi connectivity index (χ2v) is 4.75. The Kier molecular flexibility index (Phi) is 4.24. The van der Waals surface area contributed by atoms with E-state index in [0.29, 0.717) is 16.0 Å². The molecule has 1 aromatic rings. The molecule has 1 aromatic carbocycles. The Bertz CT molecular complexity index is 310. The Morgan fingerprint density at radius 3 is 2.43 bits per heavy atom. The van der Waals surface area contributed by atoms with Gasteiger partial charge < -0.3 is 5.73 Å². The lowest BCUT2D eigenvalue weighted by Gasteiger charge is -2.15. The van der Waals surface area contributed by atoms with Crippen molar-refractivity contribution in [2.24, 2.45) is 11.7 Å². The molecule has 1 atom stereocenters. The minimum atomic E-state index is -0.000216. The van der Waals surface area contributed by atoms with Gasteiger partial charge in [0.05, 0.1) is 0 Å². The Labute approximate surface area is 95.2 Å². The molecule has 1 rings (SSSR count). The quantitative estimate of drug-likeness (QED) is 0.836. The molecule has 1 unspecified atom stereocenters. The molecule has 1 nitrogen and oxygen atoms in total. The van der Waals surface area contributed by atoms with Crippen molar-refractivity contribution < 1.29 is 0 Å². The average Bonchev–Trinajstić information content (AvgIpc) is 2.01. The maximum absolute atomic E-state index is 6.04. The van der Waals surface area contributed by atoms with Crippen LogP contribution in [0.3, 0.4) is 0 Å². The summed E-state index contributed by atoms with van der Waals surface area (Å²) in [6.45, 7) is 4.29. The first-order chi connectivity index (χ1) is 6.50. The molecule has 14 heavy (non-hydrogen) atoms. The summed E-state index contributed by atoms with van der Waals surface area (Å²) in [6, 6.07) is 5.46. The summed E-state index contributed by atoms with van der Waals surface area (Å²) in [5, 5.41) is 1.31. The zero-order chi connectivity index (χ0) is 10.7. The molecule has 0 aliphatic carbocycles. The largest absolute Gasteiger partial charge is 0.324 e. The SMILES string of the molecule is CC(C)CC(N)c1ccc(Cl)cc1Cl. The van der Waals surface area contributed by atoms with Crippen molar-refractivity contribution in [2.75, 3.05) is 0 Å². The van der Waals surface area contributed by atoms with Gasteiger partial charge in [0.2, 0.25) is 0 Å². The zero-order valence-corrected chi connectivity index (χ0v) is 9.94. The first kappa shape index (κ1) is 11.8. The molecule has 0 aliphatic rings. The molecule has 0 bridgehead atoms. The third-order valence-electron chi connectivity index (χ3n) is 2.09. The third kappa shape index (κ3) is 3.16. The van der Waals surface area contributed by atoms with Gasteiger partial charge in [-0.1, -0.05) is 43.1 Å². The standard InChI is InChI=1S/C11H15Cl2N/c1-7(2)5-11(14)9-4-3-8(12)6-10(9)13/h3-4,6-7,11H,5,14H2,1-2H3. The fourth-order valence-corrected chi connectivity index (χ4v) is 1.99. The number of rotatable bonds is 3. The van der Waals surface area contributed by atoms with Crippen molar-refractivity contribution in [2.45, 2.75) is 26.3 Å². The van der Waals surface area contributed by atoms with Crippen LogP contribution in [0.4, 0.5) is 0 Å². The van der Waals surface area contributed by atoms with Crippen molar-refractivity contribution in [1.29, 1.82) is 0 Å². The van der Waals surface area contributed by atoms with E-state index >= 15 is 0 Å². The van der Waals surface area contributed by atoms with Gasteiger partial charge in [-0.3, -0.25) is 0 Å². The lowest BCUT2D eigenvalue weighted by atomic mass is 9.98. The molecule has 2 N–H and O–H groups in total. The lowest BCUT2D eigenvalue weighted by Crippen LogP contribution is -2.13. The van der Waals surface area contributed by atoms with Crippen LogP contribution in [0.15, 0.2) is 18.2 Å². The average molecular weight is 232 g/mol. The summed E-state index contributed by atoms with van der Waals surface area (Å²) < 4.78 is 0. The monoisotopic (exact) mass is 231 g/mol. The van der Waals surface area contributed by atoms with Gasteiger partial charge in [-0.25, -0.2) is 0 Å². The minimum Gasteiger partial charge on any atom is -0.324 e. The molecule has 0 fully saturated rings. The second kappa shape index (κ2) is 5.01. The van der Waals surface area contributed by atoms with E-state index in [1.165, 1.54) is 0 Å². The Morgan fingerprint density at radius 1 is 1.29 bits per heavy atom. The molecule has 0 aliphatic heterocycles. The van der Waals surface area contributed by atoms with Gasteiger partial charge in [0.1, 0.15) is 0 Å². The molecule has 0 saturated carbocycles. The maximum Gasteiger partial charge on any atom is 0.0468 e. The van der Waals surface area contributed by atoms with Crippen LogP contribution < -0.4 is 5.73 Å². The molecule has 0 heterocycles. The number of halogens is 2. The van der Waals surface area contributed by atoms with E-state index in [1.807, 2.05) is 12.1 Å². The molecule has 0 saturated heterocycles. The fraction of sp³-hybridized carbons (Fsp3) is 0.455. The normalized spacial score (nSPS) is 13.3. The van der Waals surface area contributed by atoms with Gasteiger partial charge in [0.15, 0.2) is 0 Å². The van der Waals surface area contributed by atoms with Crippen molar-refractivity contribution in [3.8, 4) is 0 Å². The van der Waals surface area contributed by atoms with E-state index in [2.05, 4.69) is 13.8 Å². The minimum absolute atomic E-state index is 0.000216. The first-order valence-corrected chi connectivity index (χ1v) is 5.47. The maximum atomic E-state index is 6.04. The highest BCUT2D eigenvalue weighted by Gasteiger charge is 2.11. The Hall–Kier alpha value is -0.240. The summed E-state index contributed by atoms with van der Waals surface area (Å²) in [4.78, 5) is 0. The van der Waals surface area contributed by atoms with Gasteiger partial charge in [0, 0.05) is 16.1 Å². The molecule has 78 valence electrons. The molecular weight excluding hydrogens is 217 g/mol. The number of nitrogens with two attached hydrogens (primary N) is 1. The van der Waals surface area contributed by atoms with Crippen LogP contribution in [-0.4, -0.2) is 0 Å². The van der Waals surface area contributed by atoms with Crippen LogP contribution in [0, 0.1) is 5.92 Å². The topological polar surface area (TPSA) is 26.0 Å². The predicted octanol–water partition coefficient (Wildman–Crippen LogP) is 4.04. The summed E-state index contributed by atoms with van der Waals surface area (Å²) >= 11 is 11.8. The second-order valence-electron chi connectivity index (χ2n) is 3.90. The van der Waals surface area contributed by atoms with Crippen LogP contribution in [0.1, 0.15) is 31.9 Å². The van der Waals surface area contributed by atoms with Gasteiger partial charge in [-0.15, -0.1) is 0 Å². The van der Waals surface area contributed by atoms with Crippen molar-refractivity contribution in [3.05, 3.63) is 33.8 Å². The van der Waals surface area contributed by atoms with Crippen LogP contribution in [0.5, 0.6) is 0 Å². The highest BCUT2D eigenvalue weighted by Crippen LogP contribution is 2.28. The van der Waals surface area contributed by atoms with E-state index < -0.39 is 0 Å². The van der Waals surface area contributed by atoms with E-state index in [9.17, 15) is 0 Å². The van der Waals surface area contributed by atoms with Crippen molar-refractivity contribution in [3.63, 3.8) is 0 Å². The van der Waals surface area contributed by atoms with Crippen molar-refractivity contribution >= 4 is 23.2 Å². The van der Waals surface area contributed by atoms with Crippen LogP contribution in [0.2, 0.25) is 10.0 Å². The predicted molar refractivity (Wildman–Crippen MR) is 62.8 cm³/mol. The highest BCUT2D eigenvalue weighted by molar-refractivity contribution is 6.35. The number of benzene rings is 1. The molecule has 0 amide bonds. The Balaban J connectivity index is 2.84. The summed E-state index contributed by atoms with van der Waals surface area (Å²) in [7, 11) is 0. The molecular formula is C11H15Cl2N. The lowest BCUT2D eigenvalue weighted by molar-refractivity contribution is 0.510. The fourth-order valence-electron chi connectivity index (χ4n) is 1.44. The van der Waals surface area contributed by atoms with E-state index in [4.69, 9.17) is 28.9 Å². The molecule has 3 heteroatoms. The van der Waals surface area contributed by atoms with E-state index in [0.717, 1.165) is 12.0 Å². The van der Waals surface area contributed by atoms with Gasteiger partial charge in [0.25, 0.3) is 0 Å². The van der Waals surface area contributed by atoms with E-state index in [1.54, 1.807) is 6.07 Å². The number of hydrogen-bond acceptors (Lipinski definition) is 1. The third-order valence-corrected chi connectivity index (χ3v) is 2.65. The smallest absolute Gasteiger partial charge is 0.0468 e. The molecule has 0 radical (unpaired) electrons. The van der Waals surface area contributed by atoms with Crippen LogP contribution in [0.25, 0.3) is 0 Å². The van der Waals surface area contributed by atoms with Gasteiger partial charge >= 0.3 is 0 Å². The van der Waals surface area contributed by atoms with Crippen LogP contribution in [-0.2, 0) is 0 Å². The first-order valence-electron chi connectivity index (χ1n) is 4.71. The summed E-state index contributed by atoms with van der Waals surface area (Å²) in [6.07, 6.45) is 0.932. The Morgan fingerprint density at radius 2 is 1.93 bits per heavy atom. The zero-order valence-electron chi connectivity index (χ0n) is 8.43. The molecule has 0 spiro atoms. The van der Waals surface area contributed by atoms with E-state index in [-0.39, 0.29) is 6.04 Å². The summed E-state index contributed by atoms with van der Waals surface area (Å²) in [5.74, 6) is 0.566. The number of hydrogen-bond donors (Lipinski definition) is 1. The summed E-state index contributed by atoms with van der Waals surface area (Å²) in [5.41, 5.74) is 7.00. The molecule has 0 aromatic heterocycles. The van der Waals surface area contributed by atoms with Gasteiger partial charge in [-0.05, 0) is 30.0 Å². The highest BCUT2D eigenvalue weighted by atomic mass is 35.5. The van der Waals surface area contributed by atoms with Crippen LogP contribution >= 0.6 is 23.2 Å².